The van der Waals surface area contributed by atoms with E-state index in [4.69, 9.17) is 0 Å². The molecule has 1 heterocycles. The number of aromatic nitrogens is 2. The van der Waals surface area contributed by atoms with E-state index >= 15 is 0 Å². The number of anilines is 3. The number of hydrogen-bond acceptors (Lipinski definition) is 4. The smallest absolute Gasteiger partial charge is 0.373 e. The first-order valence-corrected chi connectivity index (χ1v) is 5.43. The molecule has 1 aromatic carbocycles. The van der Waals surface area contributed by atoms with Gasteiger partial charge in [-0.05, 0) is 18.2 Å². The van der Waals surface area contributed by atoms with Crippen molar-refractivity contribution in [2.45, 2.75) is 6.18 Å². The monoisotopic (exact) mass is 268 g/mol. The van der Waals surface area contributed by atoms with E-state index in [1.165, 1.54) is 18.5 Å². The Labute approximate surface area is 107 Å². The van der Waals surface area contributed by atoms with Crippen LogP contribution in [0.4, 0.5) is 30.5 Å². The zero-order valence-electron chi connectivity index (χ0n) is 9.99. The molecule has 2 aromatic rings. The van der Waals surface area contributed by atoms with Crippen LogP contribution in [0.25, 0.3) is 0 Å². The summed E-state index contributed by atoms with van der Waals surface area (Å²) in [6.07, 6.45) is -3.04. The van der Waals surface area contributed by atoms with Gasteiger partial charge in [-0.2, -0.15) is 13.2 Å². The number of nitrogens with zero attached hydrogens (tertiary/aromatic N) is 2. The summed E-state index contributed by atoms with van der Waals surface area (Å²) in [4.78, 5) is 7.85. The molecule has 0 atom stereocenters. The SMILES string of the molecule is CNc1cc(Nc2cccc(C(F)(F)F)c2)ncn1. The van der Waals surface area contributed by atoms with Crippen molar-refractivity contribution in [2.75, 3.05) is 17.7 Å². The number of nitrogens with one attached hydrogen (secondary N) is 2. The average molecular weight is 268 g/mol. The van der Waals surface area contributed by atoms with E-state index in [-0.39, 0.29) is 0 Å². The summed E-state index contributed by atoms with van der Waals surface area (Å²) < 4.78 is 37.7. The van der Waals surface area contributed by atoms with Crippen LogP contribution >= 0.6 is 0 Å². The van der Waals surface area contributed by atoms with E-state index in [2.05, 4.69) is 20.6 Å². The Morgan fingerprint density at radius 2 is 1.79 bits per heavy atom. The molecule has 1 aromatic heterocycles. The van der Waals surface area contributed by atoms with Crippen LogP contribution in [-0.2, 0) is 6.18 Å². The van der Waals surface area contributed by atoms with Crippen LogP contribution in [0.5, 0.6) is 0 Å². The van der Waals surface area contributed by atoms with Gasteiger partial charge >= 0.3 is 6.18 Å². The van der Waals surface area contributed by atoms with Gasteiger partial charge in [0, 0.05) is 18.8 Å². The highest BCUT2D eigenvalue weighted by Gasteiger charge is 2.30. The van der Waals surface area contributed by atoms with Crippen LogP contribution in [0.15, 0.2) is 36.7 Å². The molecule has 0 saturated carbocycles. The van der Waals surface area contributed by atoms with Crippen molar-refractivity contribution in [3.8, 4) is 0 Å². The molecule has 0 fully saturated rings. The molecular formula is C12H11F3N4. The van der Waals surface area contributed by atoms with E-state index in [0.29, 0.717) is 17.3 Å². The standard InChI is InChI=1S/C12H11F3N4/c1-16-10-6-11(18-7-17-10)19-9-4-2-3-8(5-9)12(13,14)15/h2-7H,1H3,(H2,16,17,18,19). The van der Waals surface area contributed by atoms with Crippen molar-refractivity contribution in [3.63, 3.8) is 0 Å². The van der Waals surface area contributed by atoms with Gasteiger partial charge in [0.05, 0.1) is 5.56 Å². The van der Waals surface area contributed by atoms with Crippen molar-refractivity contribution in [2.24, 2.45) is 0 Å². The normalized spacial score (nSPS) is 11.2. The Morgan fingerprint density at radius 3 is 2.47 bits per heavy atom. The molecule has 7 heteroatoms. The van der Waals surface area contributed by atoms with E-state index < -0.39 is 11.7 Å². The topological polar surface area (TPSA) is 49.8 Å². The predicted molar refractivity (Wildman–Crippen MR) is 66.3 cm³/mol. The van der Waals surface area contributed by atoms with Gasteiger partial charge in [0.1, 0.15) is 18.0 Å². The minimum absolute atomic E-state index is 0.315. The maximum Gasteiger partial charge on any atom is 0.416 e. The number of benzene rings is 1. The minimum Gasteiger partial charge on any atom is -0.373 e. The quantitative estimate of drug-likeness (QED) is 0.897. The fraction of sp³-hybridized carbons (Fsp3) is 0.167. The molecule has 0 saturated heterocycles. The molecule has 0 bridgehead atoms. The van der Waals surface area contributed by atoms with Crippen molar-refractivity contribution in [1.82, 2.24) is 9.97 Å². The first-order chi connectivity index (χ1) is 8.99. The maximum atomic E-state index is 12.6. The van der Waals surface area contributed by atoms with Gasteiger partial charge in [-0.1, -0.05) is 6.07 Å². The summed E-state index contributed by atoms with van der Waals surface area (Å²) >= 11 is 0. The molecule has 0 radical (unpaired) electrons. The molecule has 100 valence electrons. The third-order valence-corrected chi connectivity index (χ3v) is 2.39. The Kier molecular flexibility index (Phi) is 3.55. The van der Waals surface area contributed by atoms with Crippen molar-refractivity contribution in [3.05, 3.63) is 42.2 Å². The zero-order valence-corrected chi connectivity index (χ0v) is 9.99. The van der Waals surface area contributed by atoms with Crippen molar-refractivity contribution < 1.29 is 13.2 Å². The second-order valence-corrected chi connectivity index (χ2v) is 3.74. The summed E-state index contributed by atoms with van der Waals surface area (Å²) in [6.45, 7) is 0. The van der Waals surface area contributed by atoms with Gasteiger partial charge in [-0.25, -0.2) is 9.97 Å². The van der Waals surface area contributed by atoms with Crippen LogP contribution in [0.2, 0.25) is 0 Å². The van der Waals surface area contributed by atoms with E-state index in [9.17, 15) is 13.2 Å². The number of halogens is 3. The largest absolute Gasteiger partial charge is 0.416 e. The average Bonchev–Trinajstić information content (AvgIpc) is 2.38. The highest BCUT2D eigenvalue weighted by Crippen LogP contribution is 2.31. The van der Waals surface area contributed by atoms with Gasteiger partial charge < -0.3 is 10.6 Å². The second-order valence-electron chi connectivity index (χ2n) is 3.74. The summed E-state index contributed by atoms with van der Waals surface area (Å²) in [7, 11) is 1.69. The fourth-order valence-corrected chi connectivity index (χ4v) is 1.48. The van der Waals surface area contributed by atoms with Crippen LogP contribution in [-0.4, -0.2) is 17.0 Å². The molecule has 2 N–H and O–H groups in total. The summed E-state index contributed by atoms with van der Waals surface area (Å²) in [6, 6.07) is 6.52. The summed E-state index contributed by atoms with van der Waals surface area (Å²) in [5.74, 6) is 0.989. The zero-order chi connectivity index (χ0) is 13.9. The lowest BCUT2D eigenvalue weighted by atomic mass is 10.2. The van der Waals surface area contributed by atoms with Crippen LogP contribution in [0, 0.1) is 0 Å². The third-order valence-electron chi connectivity index (χ3n) is 2.39. The fourth-order valence-electron chi connectivity index (χ4n) is 1.48. The second kappa shape index (κ2) is 5.13. The first-order valence-electron chi connectivity index (χ1n) is 5.43. The molecule has 0 aliphatic carbocycles. The summed E-state index contributed by atoms with van der Waals surface area (Å²) in [5, 5.41) is 5.62. The number of hydrogen-bond donors (Lipinski definition) is 2. The Morgan fingerprint density at radius 1 is 1.05 bits per heavy atom. The first kappa shape index (κ1) is 13.1. The van der Waals surface area contributed by atoms with Gasteiger partial charge in [-0.3, -0.25) is 0 Å². The van der Waals surface area contributed by atoms with E-state index in [0.717, 1.165) is 12.1 Å². The van der Waals surface area contributed by atoms with Crippen LogP contribution in [0.1, 0.15) is 5.56 Å². The predicted octanol–water partition coefficient (Wildman–Crippen LogP) is 3.28. The molecule has 19 heavy (non-hydrogen) atoms. The van der Waals surface area contributed by atoms with Crippen LogP contribution in [0.3, 0.4) is 0 Å². The lowest BCUT2D eigenvalue weighted by Gasteiger charge is -2.10. The van der Waals surface area contributed by atoms with E-state index in [1.807, 2.05) is 0 Å². The van der Waals surface area contributed by atoms with Gasteiger partial charge in [0.25, 0.3) is 0 Å². The number of alkyl halides is 3. The lowest BCUT2D eigenvalue weighted by molar-refractivity contribution is -0.137. The minimum atomic E-state index is -4.36. The summed E-state index contributed by atoms with van der Waals surface area (Å²) in [5.41, 5.74) is -0.393. The molecule has 2 rings (SSSR count). The maximum absolute atomic E-state index is 12.6. The molecule has 0 amide bonds. The highest BCUT2D eigenvalue weighted by atomic mass is 19.4. The molecule has 0 spiro atoms. The Bertz CT molecular complexity index is 569. The van der Waals surface area contributed by atoms with Gasteiger partial charge in [-0.15, -0.1) is 0 Å². The van der Waals surface area contributed by atoms with E-state index in [1.54, 1.807) is 13.1 Å². The third kappa shape index (κ3) is 3.34. The molecule has 0 unspecified atom stereocenters. The Balaban J connectivity index is 2.23. The molecule has 4 nitrogen and oxygen atoms in total. The molecule has 0 aliphatic heterocycles. The van der Waals surface area contributed by atoms with Crippen molar-refractivity contribution in [1.29, 1.82) is 0 Å². The van der Waals surface area contributed by atoms with Gasteiger partial charge in [0.2, 0.25) is 0 Å². The van der Waals surface area contributed by atoms with Crippen molar-refractivity contribution >= 4 is 17.3 Å². The highest BCUT2D eigenvalue weighted by molar-refractivity contribution is 5.59. The number of rotatable bonds is 3. The van der Waals surface area contributed by atoms with Gasteiger partial charge in [0.15, 0.2) is 0 Å². The van der Waals surface area contributed by atoms with Crippen LogP contribution < -0.4 is 10.6 Å². The molecular weight excluding hydrogens is 257 g/mol. The Hall–Kier alpha value is -2.31. The molecule has 0 aliphatic rings. The lowest BCUT2D eigenvalue weighted by Crippen LogP contribution is -2.05.